The molecule has 10 aromatic rings. The molecule has 8 aliphatic heterocycles. The molecule has 0 saturated carbocycles. The van der Waals surface area contributed by atoms with Gasteiger partial charge in [0, 0.05) is 107 Å². The first-order valence-electron chi connectivity index (χ1n) is 36.5. The molecule has 8 heterocycles. The first-order valence-corrected chi connectivity index (χ1v) is 37.0. The number of halogens is 1. The average molecular weight is 1490 g/mol. The van der Waals surface area contributed by atoms with Crippen molar-refractivity contribution in [3.8, 4) is 34.5 Å². The summed E-state index contributed by atoms with van der Waals surface area (Å²) in [5.41, 5.74) is 18.2. The Morgan fingerprint density at radius 2 is 0.855 bits per heavy atom. The Morgan fingerprint density at radius 1 is 0.445 bits per heavy atom. The molecule has 554 valence electrons. The molecule has 0 spiro atoms. The van der Waals surface area contributed by atoms with Gasteiger partial charge in [-0.15, -0.1) is 11.6 Å². The molecule has 0 saturated heterocycles. The highest BCUT2D eigenvalue weighted by molar-refractivity contribution is 6.17. The van der Waals surface area contributed by atoms with Gasteiger partial charge in [-0.25, -0.2) is 0 Å². The summed E-state index contributed by atoms with van der Waals surface area (Å²) in [6.07, 6.45) is 11.2. The number of methoxy groups -OCH3 is 3. The van der Waals surface area contributed by atoms with E-state index in [1.165, 1.54) is 43.5 Å². The largest absolute Gasteiger partial charge is 0.504 e. The summed E-state index contributed by atoms with van der Waals surface area (Å²) in [6, 6.07) is 55.9. The molecule has 4 amide bonds. The van der Waals surface area contributed by atoms with Crippen LogP contribution in [0.15, 0.2) is 192 Å². The van der Waals surface area contributed by atoms with E-state index in [-0.39, 0.29) is 88.9 Å². The number of hydrogen-bond donors (Lipinski definition) is 1. The fourth-order valence-electron chi connectivity index (χ4n) is 16.5. The van der Waals surface area contributed by atoms with Crippen molar-refractivity contribution >= 4 is 93.2 Å². The van der Waals surface area contributed by atoms with Crippen molar-refractivity contribution < 1.29 is 57.8 Å². The van der Waals surface area contributed by atoms with Crippen LogP contribution in [0.5, 0.6) is 34.5 Å². The molecule has 22 nitrogen and oxygen atoms in total. The topological polar surface area (TPSA) is 259 Å². The van der Waals surface area contributed by atoms with Gasteiger partial charge in [-0.2, -0.15) is 0 Å². The number of carbonyl (C=O) groups is 4. The summed E-state index contributed by atoms with van der Waals surface area (Å²) >= 11 is 5.89. The number of ether oxygens (including phenoxy) is 5. The number of nitro benzene ring substituents is 2. The van der Waals surface area contributed by atoms with E-state index in [1.54, 1.807) is 60.7 Å². The van der Waals surface area contributed by atoms with E-state index >= 15 is 0 Å². The molecule has 4 atom stereocenters. The number of aromatic hydroxyl groups is 1. The molecule has 8 aliphatic rings. The standard InChI is InChI=1S/C44H38N4O6.C25H20ClN3O5.C18H17NO3/c1-26-15-37-38(45-24-35-20-32-8-4-6-10-40(32)47(35)44(37)50)21-29(26)12-11-27-16-28(18-34(17-27)48(51)52)25-54-42-22-30-13-14-33-19-31-7-3-5-9-39(31)46(33)43(49)36(30)23-41(42)53-2;1-33-23-10-20-21(27-13-19-9-17-4-2-3-5-22(17)28(19)25(20)30)11-24(23)34-14-16-6-15(12-26)7-18(8-16)29(31)32;1-22-17-10-14-11(9-16(17)20)6-7-13-8-12-4-2-3-5-15(12)19(13)18(14)21/h3-10,15-18,21-24,33,35H,11-14,19-20,25H2,1-2H3;2-8,10-11,13,19H,9,12,14H2,1H3;2-5,9-10,13,20H,6-8H2,1H3/t33-,35+;19-;13-/m101/s1. The lowest BCUT2D eigenvalue weighted by atomic mass is 9.96. The quantitative estimate of drug-likeness (QED) is 0.0569. The zero-order valence-corrected chi connectivity index (χ0v) is 61.4. The van der Waals surface area contributed by atoms with E-state index in [0.29, 0.717) is 105 Å². The van der Waals surface area contributed by atoms with Crippen LogP contribution in [0.25, 0.3) is 0 Å². The number of rotatable bonds is 15. The van der Waals surface area contributed by atoms with E-state index < -0.39 is 4.92 Å². The fourth-order valence-corrected chi connectivity index (χ4v) is 16.7. The van der Waals surface area contributed by atoms with Crippen molar-refractivity contribution in [3.63, 3.8) is 0 Å². The maximum atomic E-state index is 13.9. The number of carbonyl (C=O) groups excluding carboxylic acids is 4. The van der Waals surface area contributed by atoms with Crippen molar-refractivity contribution in [2.75, 3.05) is 40.9 Å². The zero-order valence-electron chi connectivity index (χ0n) is 60.7. The van der Waals surface area contributed by atoms with Gasteiger partial charge in [0.2, 0.25) is 0 Å². The Bertz CT molecular complexity index is 5530. The predicted octanol–water partition coefficient (Wildman–Crippen LogP) is 16.2. The zero-order chi connectivity index (χ0) is 76.2. The number of nitro groups is 2. The van der Waals surface area contributed by atoms with Crippen molar-refractivity contribution in [2.24, 2.45) is 9.98 Å². The van der Waals surface area contributed by atoms with Gasteiger partial charge in [-0.05, 0) is 192 Å². The van der Waals surface area contributed by atoms with Crippen LogP contribution in [0.2, 0.25) is 0 Å². The number of benzene rings is 10. The lowest BCUT2D eigenvalue weighted by Crippen LogP contribution is -2.37. The number of phenolic OH excluding ortho intramolecular Hbond substituents is 1. The smallest absolute Gasteiger partial charge is 0.270 e. The number of aliphatic imine (C=N–C) groups is 2. The SMILES string of the molecule is COc1cc2c(cc1O)CC[C@@H]1Cc3ccccc3N1C2=O.COc1cc2c(cc1OCc1cc(CCc3cc4c(cc3C)C(=O)N3c5ccccc5C[C@H]3C=N4)cc([N+](=O)[O-])c1)CC[C@@H]1Cc3ccccc3N1C2=O.COc1cc2c(cc1OCc1cc(CCl)cc([N+](=O)[O-])c1)N=C[C@@H]1Cc3ccccc3N1C2=O. The van der Waals surface area contributed by atoms with Crippen LogP contribution in [0.4, 0.5) is 45.5 Å². The normalized spacial score (nSPS) is 17.5. The lowest BCUT2D eigenvalue weighted by molar-refractivity contribution is -0.385. The van der Waals surface area contributed by atoms with Crippen LogP contribution >= 0.6 is 11.6 Å². The third-order valence-corrected chi connectivity index (χ3v) is 22.2. The Kier molecular flexibility index (Phi) is 19.4. The summed E-state index contributed by atoms with van der Waals surface area (Å²) in [5.74, 6) is 2.01. The summed E-state index contributed by atoms with van der Waals surface area (Å²) < 4.78 is 28.6. The number of anilines is 4. The van der Waals surface area contributed by atoms with Gasteiger partial charge in [0.05, 0.1) is 65.8 Å². The maximum absolute atomic E-state index is 13.9. The van der Waals surface area contributed by atoms with Crippen LogP contribution in [0.1, 0.15) is 121 Å². The second kappa shape index (κ2) is 29.8. The van der Waals surface area contributed by atoms with Crippen molar-refractivity contribution in [3.05, 3.63) is 291 Å². The number of amides is 4. The van der Waals surface area contributed by atoms with Gasteiger partial charge in [0.15, 0.2) is 34.5 Å². The Labute approximate surface area is 638 Å². The molecular weight excluding hydrogens is 1420 g/mol. The second-order valence-electron chi connectivity index (χ2n) is 28.5. The molecule has 0 radical (unpaired) electrons. The molecule has 10 aromatic carbocycles. The molecule has 1 N–H and O–H groups in total. The first-order chi connectivity index (χ1) is 53.4. The van der Waals surface area contributed by atoms with E-state index in [1.807, 2.05) is 131 Å². The Hall–Kier alpha value is -12.7. The van der Waals surface area contributed by atoms with Crippen molar-refractivity contribution in [1.29, 1.82) is 0 Å². The molecule has 0 aliphatic carbocycles. The third kappa shape index (κ3) is 13.5. The highest BCUT2D eigenvalue weighted by Crippen LogP contribution is 2.46. The van der Waals surface area contributed by atoms with Crippen molar-refractivity contribution in [1.82, 2.24) is 0 Å². The molecule has 0 bridgehead atoms. The van der Waals surface area contributed by atoms with Crippen LogP contribution in [-0.4, -0.2) is 96.5 Å². The second-order valence-corrected chi connectivity index (χ2v) is 28.8. The highest BCUT2D eigenvalue weighted by Gasteiger charge is 2.42. The van der Waals surface area contributed by atoms with E-state index in [9.17, 15) is 44.5 Å². The minimum absolute atomic E-state index is 0.000694. The molecule has 23 heteroatoms. The van der Waals surface area contributed by atoms with Gasteiger partial charge < -0.3 is 38.6 Å². The maximum Gasteiger partial charge on any atom is 0.270 e. The van der Waals surface area contributed by atoms with Gasteiger partial charge in [0.1, 0.15) is 13.2 Å². The minimum atomic E-state index is -0.465. The number of fused-ring (bicyclic) bond motifs is 16. The first kappa shape index (κ1) is 71.6. The predicted molar refractivity (Wildman–Crippen MR) is 420 cm³/mol. The number of non-ortho nitro benzene ring substituents is 2. The Morgan fingerprint density at radius 3 is 1.35 bits per heavy atom. The van der Waals surface area contributed by atoms with Gasteiger partial charge in [0.25, 0.3) is 35.0 Å². The number of para-hydroxylation sites is 4. The van der Waals surface area contributed by atoms with E-state index in [0.717, 1.165) is 100 Å². The molecule has 110 heavy (non-hydrogen) atoms. The summed E-state index contributed by atoms with van der Waals surface area (Å²) in [6.45, 7) is 2.12. The third-order valence-electron chi connectivity index (χ3n) is 21.9. The summed E-state index contributed by atoms with van der Waals surface area (Å²) in [4.78, 5) is 93.4. The molecule has 0 unspecified atom stereocenters. The lowest BCUT2D eigenvalue weighted by Gasteiger charge is -2.23. The van der Waals surface area contributed by atoms with Gasteiger partial charge in [-0.3, -0.25) is 59.2 Å². The number of aryl methyl sites for hydroxylation is 5. The number of nitrogens with zero attached hydrogens (tertiary/aromatic N) is 8. The summed E-state index contributed by atoms with van der Waals surface area (Å²) in [7, 11) is 4.53. The minimum Gasteiger partial charge on any atom is -0.504 e. The monoisotopic (exact) mass is 1490 g/mol. The number of hydrogen-bond acceptors (Lipinski definition) is 16. The molecule has 18 rings (SSSR count). The van der Waals surface area contributed by atoms with Crippen molar-refractivity contribution in [2.45, 2.75) is 114 Å². The number of alkyl halides is 1. The average Bonchev–Trinajstić information content (AvgIpc) is 1.63. The fraction of sp³-hybridized carbons (Fsp3) is 0.241. The number of phenols is 1. The van der Waals surface area contributed by atoms with E-state index in [2.05, 4.69) is 23.2 Å². The summed E-state index contributed by atoms with van der Waals surface area (Å²) in [5, 5.41) is 33.2. The molecule has 0 fully saturated rings. The Balaban J connectivity index is 0.000000139. The van der Waals surface area contributed by atoms with Gasteiger partial charge in [-0.1, -0.05) is 84.9 Å². The van der Waals surface area contributed by atoms with Crippen LogP contribution < -0.4 is 43.3 Å². The van der Waals surface area contributed by atoms with Gasteiger partial charge >= 0.3 is 0 Å². The van der Waals surface area contributed by atoms with Crippen LogP contribution in [-0.2, 0) is 70.5 Å². The molecule has 0 aromatic heterocycles. The van der Waals surface area contributed by atoms with Crippen LogP contribution in [0.3, 0.4) is 0 Å². The van der Waals surface area contributed by atoms with Crippen LogP contribution in [0, 0.1) is 27.2 Å². The molecular formula is C87H75ClN8O14. The van der Waals surface area contributed by atoms with E-state index in [4.69, 9.17) is 40.3 Å². The highest BCUT2D eigenvalue weighted by atomic mass is 35.5.